The van der Waals surface area contributed by atoms with Gasteiger partial charge in [-0.3, -0.25) is 0 Å². The Labute approximate surface area is 116 Å². The smallest absolute Gasteiger partial charge is 0.315 e. The zero-order valence-corrected chi connectivity index (χ0v) is 11.0. The molecule has 0 saturated heterocycles. The van der Waals surface area contributed by atoms with Gasteiger partial charge < -0.3 is 19.8 Å². The van der Waals surface area contributed by atoms with Gasteiger partial charge in [0.2, 0.25) is 0 Å². The Morgan fingerprint density at radius 2 is 2.15 bits per heavy atom. The number of benzene rings is 1. The molecule has 0 aliphatic carbocycles. The maximum absolute atomic E-state index is 11.9. The summed E-state index contributed by atoms with van der Waals surface area (Å²) in [5, 5.41) is 5.74. The number of urea groups is 1. The maximum atomic E-state index is 11.9. The largest absolute Gasteiger partial charge is 0.493 e. The maximum Gasteiger partial charge on any atom is 0.315 e. The van der Waals surface area contributed by atoms with Crippen molar-refractivity contribution < 1.29 is 13.9 Å². The molecule has 1 aliphatic rings. The Morgan fingerprint density at radius 3 is 3.00 bits per heavy atom. The Kier molecular flexibility index (Phi) is 3.58. The highest BCUT2D eigenvalue weighted by molar-refractivity contribution is 5.74. The van der Waals surface area contributed by atoms with E-state index < -0.39 is 0 Å². The molecule has 0 radical (unpaired) electrons. The van der Waals surface area contributed by atoms with E-state index in [1.165, 1.54) is 0 Å². The van der Waals surface area contributed by atoms with E-state index in [0.717, 1.165) is 23.5 Å². The van der Waals surface area contributed by atoms with Gasteiger partial charge in [-0.15, -0.1) is 0 Å². The molecule has 1 aromatic carbocycles. The van der Waals surface area contributed by atoms with Crippen LogP contribution in [-0.4, -0.2) is 12.6 Å². The minimum Gasteiger partial charge on any atom is -0.493 e. The van der Waals surface area contributed by atoms with Crippen LogP contribution in [0.1, 0.15) is 23.8 Å². The number of hydrogen-bond donors (Lipinski definition) is 2. The first-order valence-electron chi connectivity index (χ1n) is 6.61. The van der Waals surface area contributed by atoms with Crippen LogP contribution < -0.4 is 15.4 Å². The lowest BCUT2D eigenvalue weighted by Crippen LogP contribution is -2.39. The fourth-order valence-corrected chi connectivity index (χ4v) is 2.28. The Balaban J connectivity index is 1.59. The van der Waals surface area contributed by atoms with Gasteiger partial charge in [0, 0.05) is 12.0 Å². The van der Waals surface area contributed by atoms with Crippen molar-refractivity contribution in [3.8, 4) is 5.75 Å². The fraction of sp³-hybridized carbons (Fsp3) is 0.267. The number of hydrogen-bond acceptors (Lipinski definition) is 3. The fourth-order valence-electron chi connectivity index (χ4n) is 2.28. The number of fused-ring (bicyclic) bond motifs is 1. The molecule has 2 N–H and O–H groups in total. The lowest BCUT2D eigenvalue weighted by atomic mass is 10.0. The van der Waals surface area contributed by atoms with E-state index >= 15 is 0 Å². The molecule has 5 heteroatoms. The Hall–Kier alpha value is -2.43. The lowest BCUT2D eigenvalue weighted by molar-refractivity contribution is 0.222. The normalized spacial score (nSPS) is 16.9. The first-order chi connectivity index (χ1) is 9.83. The zero-order chi connectivity index (χ0) is 13.8. The summed E-state index contributed by atoms with van der Waals surface area (Å²) in [6.45, 7) is 0.990. The summed E-state index contributed by atoms with van der Waals surface area (Å²) in [5.74, 6) is 1.57. The summed E-state index contributed by atoms with van der Waals surface area (Å²) in [6, 6.07) is 11.2. The molecular formula is C15H16N2O3. The molecule has 2 heterocycles. The number of amides is 2. The third kappa shape index (κ3) is 2.77. The number of ether oxygens (including phenoxy) is 1. The molecule has 5 nitrogen and oxygen atoms in total. The molecule has 1 aliphatic heterocycles. The Bertz CT molecular complexity index is 581. The van der Waals surface area contributed by atoms with Crippen molar-refractivity contribution in [3.05, 3.63) is 54.0 Å². The summed E-state index contributed by atoms with van der Waals surface area (Å²) in [6.07, 6.45) is 2.36. The van der Waals surface area contributed by atoms with Crippen molar-refractivity contribution in [1.29, 1.82) is 0 Å². The molecule has 0 spiro atoms. The van der Waals surface area contributed by atoms with Crippen molar-refractivity contribution in [2.45, 2.75) is 19.0 Å². The quantitative estimate of drug-likeness (QED) is 0.902. The van der Waals surface area contributed by atoms with E-state index in [-0.39, 0.29) is 12.1 Å². The molecule has 104 valence electrons. The third-order valence-electron chi connectivity index (χ3n) is 3.27. The predicted octanol–water partition coefficient (Wildman–Crippen LogP) is 2.60. The van der Waals surface area contributed by atoms with Crippen molar-refractivity contribution in [2.75, 3.05) is 6.61 Å². The van der Waals surface area contributed by atoms with Crippen LogP contribution in [0.25, 0.3) is 0 Å². The van der Waals surface area contributed by atoms with Gasteiger partial charge >= 0.3 is 6.03 Å². The van der Waals surface area contributed by atoms with Gasteiger partial charge in [0.15, 0.2) is 0 Å². The molecular weight excluding hydrogens is 256 g/mol. The van der Waals surface area contributed by atoms with Gasteiger partial charge in [-0.25, -0.2) is 4.79 Å². The number of rotatable bonds is 3. The van der Waals surface area contributed by atoms with E-state index in [4.69, 9.17) is 9.15 Å². The van der Waals surface area contributed by atoms with E-state index in [1.807, 2.05) is 30.3 Å². The topological polar surface area (TPSA) is 63.5 Å². The molecule has 1 aromatic heterocycles. The molecule has 0 fully saturated rings. The van der Waals surface area contributed by atoms with E-state index in [1.54, 1.807) is 12.3 Å². The van der Waals surface area contributed by atoms with Crippen LogP contribution in [0.15, 0.2) is 47.1 Å². The first kappa shape index (κ1) is 12.6. The first-order valence-corrected chi connectivity index (χ1v) is 6.61. The minimum atomic E-state index is -0.205. The highest BCUT2D eigenvalue weighted by Crippen LogP contribution is 2.31. The number of carbonyl (C=O) groups excluding carboxylic acids is 1. The van der Waals surface area contributed by atoms with Crippen LogP contribution in [0.5, 0.6) is 5.75 Å². The summed E-state index contributed by atoms with van der Waals surface area (Å²) in [7, 11) is 0. The van der Waals surface area contributed by atoms with E-state index in [0.29, 0.717) is 13.2 Å². The summed E-state index contributed by atoms with van der Waals surface area (Å²) >= 11 is 0. The molecule has 0 saturated carbocycles. The van der Waals surface area contributed by atoms with Crippen molar-refractivity contribution in [2.24, 2.45) is 0 Å². The lowest BCUT2D eigenvalue weighted by Gasteiger charge is -2.26. The van der Waals surface area contributed by atoms with Gasteiger partial charge in [-0.1, -0.05) is 18.2 Å². The SMILES string of the molecule is O=C(NCc1ccco1)N[C@@H]1CCOc2ccccc21. The summed E-state index contributed by atoms with van der Waals surface area (Å²) in [5.41, 5.74) is 1.02. The molecule has 0 bridgehead atoms. The minimum absolute atomic E-state index is 0.0171. The molecule has 1 atom stereocenters. The average Bonchev–Trinajstić information content (AvgIpc) is 2.99. The van der Waals surface area contributed by atoms with Gasteiger partial charge in [0.05, 0.1) is 25.5 Å². The van der Waals surface area contributed by atoms with Crippen LogP contribution in [0.3, 0.4) is 0 Å². The van der Waals surface area contributed by atoms with Crippen molar-refractivity contribution >= 4 is 6.03 Å². The van der Waals surface area contributed by atoms with E-state index in [2.05, 4.69) is 10.6 Å². The van der Waals surface area contributed by atoms with Gasteiger partial charge in [-0.05, 0) is 18.2 Å². The Morgan fingerprint density at radius 1 is 1.25 bits per heavy atom. The molecule has 2 aromatic rings. The van der Waals surface area contributed by atoms with Crippen LogP contribution >= 0.6 is 0 Å². The van der Waals surface area contributed by atoms with Crippen LogP contribution in [0.4, 0.5) is 4.79 Å². The standard InChI is InChI=1S/C15H16N2O3/c18-15(16-10-11-4-3-8-19-11)17-13-7-9-20-14-6-2-1-5-12(13)14/h1-6,8,13H,7,9-10H2,(H2,16,17,18)/t13-/m1/s1. The molecule has 3 rings (SSSR count). The number of carbonyl (C=O) groups is 1. The second kappa shape index (κ2) is 5.69. The van der Waals surface area contributed by atoms with Crippen LogP contribution in [0.2, 0.25) is 0 Å². The zero-order valence-electron chi connectivity index (χ0n) is 11.0. The third-order valence-corrected chi connectivity index (χ3v) is 3.27. The van der Waals surface area contributed by atoms with Crippen LogP contribution in [-0.2, 0) is 6.54 Å². The monoisotopic (exact) mass is 272 g/mol. The highest BCUT2D eigenvalue weighted by atomic mass is 16.5. The number of para-hydroxylation sites is 1. The van der Waals surface area contributed by atoms with Crippen molar-refractivity contribution in [1.82, 2.24) is 10.6 Å². The van der Waals surface area contributed by atoms with Gasteiger partial charge in [0.25, 0.3) is 0 Å². The second-order valence-electron chi connectivity index (χ2n) is 4.63. The number of furan rings is 1. The highest BCUT2D eigenvalue weighted by Gasteiger charge is 2.22. The number of nitrogens with one attached hydrogen (secondary N) is 2. The second-order valence-corrected chi connectivity index (χ2v) is 4.63. The van der Waals surface area contributed by atoms with Gasteiger partial charge in [-0.2, -0.15) is 0 Å². The summed E-state index contributed by atoms with van der Waals surface area (Å²) in [4.78, 5) is 11.9. The van der Waals surface area contributed by atoms with Crippen molar-refractivity contribution in [3.63, 3.8) is 0 Å². The van der Waals surface area contributed by atoms with E-state index in [9.17, 15) is 4.79 Å². The molecule has 20 heavy (non-hydrogen) atoms. The average molecular weight is 272 g/mol. The van der Waals surface area contributed by atoms with Gasteiger partial charge in [0.1, 0.15) is 11.5 Å². The predicted molar refractivity (Wildman–Crippen MR) is 73.4 cm³/mol. The molecule has 0 unspecified atom stereocenters. The molecule has 2 amide bonds. The van der Waals surface area contributed by atoms with Crippen LogP contribution in [0, 0.1) is 0 Å². The summed E-state index contributed by atoms with van der Waals surface area (Å²) < 4.78 is 10.7.